The number of esters is 1. The van der Waals surface area contributed by atoms with Crippen LogP contribution in [0.4, 0.5) is 5.69 Å². The molecule has 0 saturated heterocycles. The third-order valence-electron chi connectivity index (χ3n) is 4.34. The lowest BCUT2D eigenvalue weighted by atomic mass is 10.1. The molecule has 146 valence electrons. The number of rotatable bonds is 6. The lowest BCUT2D eigenvalue weighted by Gasteiger charge is -2.08. The molecule has 0 atom stereocenters. The summed E-state index contributed by atoms with van der Waals surface area (Å²) >= 11 is 1.12. The van der Waals surface area contributed by atoms with Gasteiger partial charge in [-0.25, -0.2) is 9.78 Å². The molecule has 0 aliphatic carbocycles. The number of aryl methyl sites for hydroxylation is 2. The molecule has 1 amide bonds. The van der Waals surface area contributed by atoms with Crippen molar-refractivity contribution in [2.75, 3.05) is 11.9 Å². The maximum Gasteiger partial charge on any atom is 0.348 e. The topological polar surface area (TPSA) is 90.3 Å². The Balaban J connectivity index is 1.83. The van der Waals surface area contributed by atoms with Crippen LogP contribution in [-0.4, -0.2) is 28.0 Å². The van der Waals surface area contributed by atoms with Gasteiger partial charge in [0, 0.05) is 5.69 Å². The third kappa shape index (κ3) is 3.96. The molecule has 0 fully saturated rings. The number of anilines is 1. The van der Waals surface area contributed by atoms with Crippen molar-refractivity contribution in [3.63, 3.8) is 0 Å². The smallest absolute Gasteiger partial charge is 0.348 e. The molecule has 0 saturated carbocycles. The maximum absolute atomic E-state index is 12.8. The quantitative estimate of drug-likeness (QED) is 0.643. The lowest BCUT2D eigenvalue weighted by Crippen LogP contribution is -2.27. The number of amides is 1. The van der Waals surface area contributed by atoms with Crippen molar-refractivity contribution in [1.29, 1.82) is 0 Å². The van der Waals surface area contributed by atoms with Crippen molar-refractivity contribution < 1.29 is 14.3 Å². The number of nitrogens with one attached hydrogen (secondary N) is 1. The van der Waals surface area contributed by atoms with Crippen LogP contribution in [0.15, 0.2) is 35.4 Å². The zero-order valence-electron chi connectivity index (χ0n) is 15.9. The van der Waals surface area contributed by atoms with Crippen molar-refractivity contribution in [3.05, 3.63) is 57.0 Å². The number of nitrogens with zero attached hydrogens (tertiary/aromatic N) is 2. The normalized spacial score (nSPS) is 10.8. The minimum Gasteiger partial charge on any atom is -0.462 e. The average molecular weight is 399 g/mol. The Morgan fingerprint density at radius 1 is 1.21 bits per heavy atom. The van der Waals surface area contributed by atoms with E-state index < -0.39 is 5.97 Å². The van der Waals surface area contributed by atoms with Crippen LogP contribution in [0, 0.1) is 6.92 Å². The number of thiophene rings is 1. The lowest BCUT2D eigenvalue weighted by molar-refractivity contribution is -0.116. The summed E-state index contributed by atoms with van der Waals surface area (Å²) in [6.45, 7) is 5.56. The van der Waals surface area contributed by atoms with E-state index in [2.05, 4.69) is 17.2 Å². The third-order valence-corrected chi connectivity index (χ3v) is 5.52. The summed E-state index contributed by atoms with van der Waals surface area (Å²) in [4.78, 5) is 42.3. The minimum atomic E-state index is -0.470. The Bertz CT molecular complexity index is 1080. The maximum atomic E-state index is 12.8. The number of fused-ring (bicyclic) bond motifs is 1. The first-order chi connectivity index (χ1) is 13.4. The number of hydrogen-bond acceptors (Lipinski definition) is 6. The Labute approximate surface area is 166 Å². The monoisotopic (exact) mass is 399 g/mol. The van der Waals surface area contributed by atoms with Gasteiger partial charge in [0.15, 0.2) is 0 Å². The molecular formula is C20H21N3O4S. The molecule has 0 bridgehead atoms. The van der Waals surface area contributed by atoms with Gasteiger partial charge in [0.2, 0.25) is 5.91 Å². The summed E-state index contributed by atoms with van der Waals surface area (Å²) in [6.07, 6.45) is 2.25. The van der Waals surface area contributed by atoms with Gasteiger partial charge in [-0.3, -0.25) is 14.2 Å². The van der Waals surface area contributed by atoms with E-state index in [0.29, 0.717) is 26.3 Å². The highest BCUT2D eigenvalue weighted by molar-refractivity contribution is 7.20. The molecule has 2 aromatic heterocycles. The molecule has 0 unspecified atom stereocenters. The Hall–Kier alpha value is -3.00. The summed E-state index contributed by atoms with van der Waals surface area (Å²) in [6, 6.07) is 7.55. The summed E-state index contributed by atoms with van der Waals surface area (Å²) in [5.74, 6) is -0.798. The van der Waals surface area contributed by atoms with Crippen LogP contribution in [0.2, 0.25) is 0 Å². The SMILES string of the molecule is CCOC(=O)c1sc2ncn(CC(=O)Nc3ccc(CC)cc3)c(=O)c2c1C. The van der Waals surface area contributed by atoms with Crippen molar-refractivity contribution in [2.24, 2.45) is 0 Å². The highest BCUT2D eigenvalue weighted by Gasteiger charge is 2.20. The summed E-state index contributed by atoms with van der Waals surface area (Å²) < 4.78 is 6.27. The zero-order valence-corrected chi connectivity index (χ0v) is 16.8. The molecule has 0 spiro atoms. The van der Waals surface area contributed by atoms with Gasteiger partial charge in [-0.05, 0) is 43.5 Å². The highest BCUT2D eigenvalue weighted by atomic mass is 32.1. The molecule has 0 radical (unpaired) electrons. The Kier molecular flexibility index (Phi) is 5.89. The molecule has 28 heavy (non-hydrogen) atoms. The van der Waals surface area contributed by atoms with Gasteiger partial charge in [0.1, 0.15) is 16.3 Å². The standard InChI is InChI=1S/C20H21N3O4S/c1-4-13-6-8-14(9-7-13)22-15(24)10-23-11-21-18-16(19(23)25)12(3)17(28-18)20(26)27-5-2/h6-9,11H,4-5,10H2,1-3H3,(H,22,24). The fourth-order valence-corrected chi connectivity index (χ4v) is 3.88. The van der Waals surface area contributed by atoms with Gasteiger partial charge < -0.3 is 10.1 Å². The molecule has 1 N–H and O–H groups in total. The van der Waals surface area contributed by atoms with Gasteiger partial charge in [-0.1, -0.05) is 19.1 Å². The first-order valence-electron chi connectivity index (χ1n) is 8.99. The van der Waals surface area contributed by atoms with Gasteiger partial charge in [0.05, 0.1) is 18.3 Å². The van der Waals surface area contributed by atoms with E-state index in [-0.39, 0.29) is 24.6 Å². The second-order valence-corrected chi connectivity index (χ2v) is 7.23. The summed E-state index contributed by atoms with van der Waals surface area (Å²) in [7, 11) is 0. The molecule has 3 rings (SSSR count). The molecule has 2 heterocycles. The van der Waals surface area contributed by atoms with Crippen LogP contribution in [0.25, 0.3) is 10.2 Å². The molecule has 0 aliphatic rings. The largest absolute Gasteiger partial charge is 0.462 e. The predicted octanol–water partition coefficient (Wildman–Crippen LogP) is 3.14. The first kappa shape index (κ1) is 19.8. The molecule has 3 aromatic rings. The fourth-order valence-electron chi connectivity index (χ4n) is 2.84. The van der Waals surface area contributed by atoms with E-state index in [4.69, 9.17) is 4.74 Å². The number of aromatic nitrogens is 2. The van der Waals surface area contributed by atoms with E-state index in [1.807, 2.05) is 24.3 Å². The zero-order chi connectivity index (χ0) is 20.3. The molecule has 8 heteroatoms. The average Bonchev–Trinajstić information content (AvgIpc) is 3.02. The fraction of sp³-hybridized carbons (Fsp3) is 0.300. The summed E-state index contributed by atoms with van der Waals surface area (Å²) in [5.41, 5.74) is 2.02. The van der Waals surface area contributed by atoms with Crippen LogP contribution < -0.4 is 10.9 Å². The van der Waals surface area contributed by atoms with Crippen LogP contribution in [-0.2, 0) is 22.5 Å². The minimum absolute atomic E-state index is 0.165. The van der Waals surface area contributed by atoms with E-state index in [1.54, 1.807) is 13.8 Å². The molecule has 1 aromatic carbocycles. The van der Waals surface area contributed by atoms with Gasteiger partial charge in [-0.2, -0.15) is 0 Å². The van der Waals surface area contributed by atoms with Crippen molar-refractivity contribution in [2.45, 2.75) is 33.7 Å². The predicted molar refractivity (Wildman–Crippen MR) is 109 cm³/mol. The van der Waals surface area contributed by atoms with E-state index >= 15 is 0 Å². The highest BCUT2D eigenvalue weighted by Crippen LogP contribution is 2.27. The van der Waals surface area contributed by atoms with Crippen LogP contribution >= 0.6 is 11.3 Å². The summed E-state index contributed by atoms with van der Waals surface area (Å²) in [5, 5.41) is 3.12. The van der Waals surface area contributed by atoms with Crippen LogP contribution in [0.5, 0.6) is 0 Å². The van der Waals surface area contributed by atoms with Gasteiger partial charge in [0.25, 0.3) is 5.56 Å². The molecule has 0 aliphatic heterocycles. The number of hydrogen-bond donors (Lipinski definition) is 1. The first-order valence-corrected chi connectivity index (χ1v) is 9.80. The van der Waals surface area contributed by atoms with Gasteiger partial charge >= 0.3 is 5.97 Å². The Morgan fingerprint density at radius 2 is 1.93 bits per heavy atom. The van der Waals surface area contributed by atoms with Crippen molar-refractivity contribution in [3.8, 4) is 0 Å². The van der Waals surface area contributed by atoms with Crippen LogP contribution in [0.1, 0.15) is 34.6 Å². The molecular weight excluding hydrogens is 378 g/mol. The second kappa shape index (κ2) is 8.35. The number of carbonyl (C=O) groups is 2. The van der Waals surface area contributed by atoms with Crippen LogP contribution in [0.3, 0.4) is 0 Å². The van der Waals surface area contributed by atoms with Crippen molar-refractivity contribution >= 4 is 39.1 Å². The second-order valence-electron chi connectivity index (χ2n) is 6.23. The number of ether oxygens (including phenoxy) is 1. The number of carbonyl (C=O) groups excluding carboxylic acids is 2. The van der Waals surface area contributed by atoms with E-state index in [1.165, 1.54) is 16.5 Å². The van der Waals surface area contributed by atoms with Crippen molar-refractivity contribution in [1.82, 2.24) is 9.55 Å². The Morgan fingerprint density at radius 3 is 2.57 bits per heavy atom. The van der Waals surface area contributed by atoms with E-state index in [0.717, 1.165) is 17.8 Å². The van der Waals surface area contributed by atoms with E-state index in [9.17, 15) is 14.4 Å². The number of benzene rings is 1. The molecule has 7 nitrogen and oxygen atoms in total. The van der Waals surface area contributed by atoms with Gasteiger partial charge in [-0.15, -0.1) is 11.3 Å².